The van der Waals surface area contributed by atoms with Gasteiger partial charge in [0.05, 0.1) is 19.3 Å². The molecular weight excluding hydrogens is 466 g/mol. The van der Waals surface area contributed by atoms with Crippen molar-refractivity contribution < 1.29 is 17.9 Å². The molecule has 2 aliphatic heterocycles. The summed E-state index contributed by atoms with van der Waals surface area (Å²) in [6, 6.07) is 5.58. The van der Waals surface area contributed by atoms with E-state index in [1.165, 1.54) is 16.2 Å². The van der Waals surface area contributed by atoms with Crippen molar-refractivity contribution >= 4 is 38.6 Å². The van der Waals surface area contributed by atoms with Crippen molar-refractivity contribution in [2.75, 3.05) is 32.8 Å². The minimum Gasteiger partial charge on any atom is -0.379 e. The fourth-order valence-corrected chi connectivity index (χ4v) is 8.76. The van der Waals surface area contributed by atoms with Crippen LogP contribution in [0.4, 0.5) is 0 Å². The Bertz CT molecular complexity index is 990. The Morgan fingerprint density at radius 2 is 1.88 bits per heavy atom. The molecule has 176 valence electrons. The summed E-state index contributed by atoms with van der Waals surface area (Å²) >= 11 is 2.85. The van der Waals surface area contributed by atoms with E-state index in [0.29, 0.717) is 19.8 Å². The maximum atomic E-state index is 13.5. The Hall–Kier alpha value is -1.30. The molecule has 3 unspecified atom stereocenters. The maximum absolute atomic E-state index is 13.5. The molecule has 32 heavy (non-hydrogen) atoms. The largest absolute Gasteiger partial charge is 0.379 e. The lowest BCUT2D eigenvalue weighted by atomic mass is 10.0. The highest BCUT2D eigenvalue weighted by Gasteiger charge is 2.38. The van der Waals surface area contributed by atoms with Crippen LogP contribution in [0.2, 0.25) is 0 Å². The van der Waals surface area contributed by atoms with E-state index in [4.69, 9.17) is 4.74 Å². The van der Waals surface area contributed by atoms with Crippen LogP contribution < -0.4 is 5.32 Å². The SMILES string of the molecule is CC1CCCC(C)N1S(=O)(=O)c1ccsc1C(=O)NCC(c1cccs1)N1CCOCC1. The summed E-state index contributed by atoms with van der Waals surface area (Å²) in [7, 11) is -3.74. The molecule has 2 fully saturated rings. The lowest BCUT2D eigenvalue weighted by molar-refractivity contribution is 0.0169. The first-order chi connectivity index (χ1) is 15.4. The molecule has 0 aliphatic carbocycles. The number of morpholine rings is 1. The zero-order valence-corrected chi connectivity index (χ0v) is 21.0. The van der Waals surface area contributed by atoms with Crippen LogP contribution in [0.5, 0.6) is 0 Å². The standard InChI is InChI=1S/C22H31N3O4S3/c1-16-5-3-6-17(2)25(16)32(27,28)20-8-14-31-21(20)22(26)23-15-18(19-7-4-13-30-19)24-9-11-29-12-10-24/h4,7-8,13-14,16-18H,3,5-6,9-12,15H2,1-2H3,(H,23,26). The number of nitrogens with one attached hydrogen (secondary N) is 1. The Kier molecular flexibility index (Phi) is 7.69. The second kappa shape index (κ2) is 10.3. The van der Waals surface area contributed by atoms with Gasteiger partial charge >= 0.3 is 0 Å². The van der Waals surface area contributed by atoms with Crippen molar-refractivity contribution in [3.8, 4) is 0 Å². The van der Waals surface area contributed by atoms with Crippen LogP contribution in [-0.4, -0.2) is 68.5 Å². The van der Waals surface area contributed by atoms with Gasteiger partial charge in [-0.2, -0.15) is 4.31 Å². The molecule has 10 heteroatoms. The van der Waals surface area contributed by atoms with Crippen molar-refractivity contribution in [2.45, 2.75) is 56.1 Å². The minimum atomic E-state index is -3.74. The highest BCUT2D eigenvalue weighted by Crippen LogP contribution is 2.33. The molecule has 0 saturated carbocycles. The first kappa shape index (κ1) is 23.8. The fourth-order valence-electron chi connectivity index (χ4n) is 4.70. The zero-order valence-electron chi connectivity index (χ0n) is 18.5. The van der Waals surface area contributed by atoms with Crippen LogP contribution in [-0.2, 0) is 14.8 Å². The predicted octanol–water partition coefficient (Wildman–Crippen LogP) is 3.56. The van der Waals surface area contributed by atoms with Gasteiger partial charge in [-0.1, -0.05) is 12.5 Å². The average Bonchev–Trinajstić information content (AvgIpc) is 3.47. The second-order valence-corrected chi connectivity index (χ2v) is 12.2. The molecule has 1 amide bonds. The minimum absolute atomic E-state index is 0.0463. The number of hydrogen-bond acceptors (Lipinski definition) is 7. The molecule has 7 nitrogen and oxygen atoms in total. The molecule has 2 aromatic rings. The van der Waals surface area contributed by atoms with E-state index in [2.05, 4.69) is 16.3 Å². The van der Waals surface area contributed by atoms with Crippen LogP contribution in [0.15, 0.2) is 33.9 Å². The number of hydrogen-bond donors (Lipinski definition) is 1. The van der Waals surface area contributed by atoms with E-state index in [0.717, 1.165) is 32.4 Å². The van der Waals surface area contributed by atoms with Crippen molar-refractivity contribution in [3.05, 3.63) is 38.7 Å². The normalized spacial score (nSPS) is 24.3. The van der Waals surface area contributed by atoms with Gasteiger partial charge in [0.15, 0.2) is 0 Å². The number of carbonyl (C=O) groups excluding carboxylic acids is 1. The summed E-state index contributed by atoms with van der Waals surface area (Å²) in [5.41, 5.74) is 0. The maximum Gasteiger partial charge on any atom is 0.262 e. The third-order valence-electron chi connectivity index (χ3n) is 6.32. The molecule has 0 bridgehead atoms. The van der Waals surface area contributed by atoms with Crippen molar-refractivity contribution in [1.29, 1.82) is 0 Å². The van der Waals surface area contributed by atoms with Gasteiger partial charge in [-0.3, -0.25) is 9.69 Å². The van der Waals surface area contributed by atoms with Gasteiger partial charge in [0, 0.05) is 36.6 Å². The Labute approximate surface area is 198 Å². The molecular formula is C22H31N3O4S3. The number of ether oxygens (including phenoxy) is 1. The van der Waals surface area contributed by atoms with E-state index >= 15 is 0 Å². The number of carbonyl (C=O) groups is 1. The molecule has 4 heterocycles. The lowest BCUT2D eigenvalue weighted by Crippen LogP contribution is -2.47. The lowest BCUT2D eigenvalue weighted by Gasteiger charge is -2.37. The van der Waals surface area contributed by atoms with E-state index in [1.807, 2.05) is 25.3 Å². The Balaban J connectivity index is 1.51. The summed E-state index contributed by atoms with van der Waals surface area (Å²) < 4.78 is 34.1. The van der Waals surface area contributed by atoms with Gasteiger partial charge < -0.3 is 10.1 Å². The predicted molar refractivity (Wildman–Crippen MR) is 128 cm³/mol. The third-order valence-corrected chi connectivity index (χ3v) is 10.5. The molecule has 4 rings (SSSR count). The zero-order chi connectivity index (χ0) is 22.7. The van der Waals surface area contributed by atoms with Gasteiger partial charge in [-0.15, -0.1) is 22.7 Å². The monoisotopic (exact) mass is 497 g/mol. The summed E-state index contributed by atoms with van der Waals surface area (Å²) in [6.07, 6.45) is 2.71. The molecule has 3 atom stereocenters. The van der Waals surface area contributed by atoms with Crippen molar-refractivity contribution in [1.82, 2.24) is 14.5 Å². The van der Waals surface area contributed by atoms with Crippen LogP contribution in [0, 0.1) is 0 Å². The van der Waals surface area contributed by atoms with Crippen molar-refractivity contribution in [3.63, 3.8) is 0 Å². The second-order valence-electron chi connectivity index (χ2n) is 8.47. The molecule has 2 aromatic heterocycles. The quantitative estimate of drug-likeness (QED) is 0.633. The fraction of sp³-hybridized carbons (Fsp3) is 0.591. The van der Waals surface area contributed by atoms with Gasteiger partial charge in [0.25, 0.3) is 5.91 Å². The summed E-state index contributed by atoms with van der Waals surface area (Å²) in [4.78, 5) is 17.0. The number of nitrogens with zero attached hydrogens (tertiary/aromatic N) is 2. The topological polar surface area (TPSA) is 79.0 Å². The first-order valence-electron chi connectivity index (χ1n) is 11.1. The summed E-state index contributed by atoms with van der Waals surface area (Å²) in [5, 5.41) is 6.75. The van der Waals surface area contributed by atoms with Gasteiger partial charge in [-0.25, -0.2) is 8.42 Å². The average molecular weight is 498 g/mol. The highest BCUT2D eigenvalue weighted by molar-refractivity contribution is 7.89. The summed E-state index contributed by atoms with van der Waals surface area (Å²) in [6.45, 7) is 7.29. The summed E-state index contributed by atoms with van der Waals surface area (Å²) in [5.74, 6) is -0.328. The molecule has 0 radical (unpaired) electrons. The Morgan fingerprint density at radius 1 is 1.16 bits per heavy atom. The van der Waals surface area contributed by atoms with E-state index in [9.17, 15) is 13.2 Å². The number of thiophene rings is 2. The number of amides is 1. The number of rotatable bonds is 7. The van der Waals surface area contributed by atoms with Crippen LogP contribution in [0.3, 0.4) is 0 Å². The molecule has 0 aromatic carbocycles. The van der Waals surface area contributed by atoms with Gasteiger partial charge in [-0.05, 0) is 49.6 Å². The molecule has 1 N–H and O–H groups in total. The molecule has 2 saturated heterocycles. The van der Waals surface area contributed by atoms with Crippen LogP contribution in [0.1, 0.15) is 53.7 Å². The van der Waals surface area contributed by atoms with Crippen LogP contribution in [0.25, 0.3) is 0 Å². The Morgan fingerprint density at radius 3 is 2.53 bits per heavy atom. The van der Waals surface area contributed by atoms with E-state index in [1.54, 1.807) is 27.1 Å². The molecule has 2 aliphatic rings. The van der Waals surface area contributed by atoms with Crippen molar-refractivity contribution in [2.24, 2.45) is 0 Å². The molecule has 0 spiro atoms. The van der Waals surface area contributed by atoms with Gasteiger partial charge in [0.2, 0.25) is 10.0 Å². The number of piperidine rings is 1. The van der Waals surface area contributed by atoms with E-state index < -0.39 is 10.0 Å². The third kappa shape index (κ3) is 4.95. The number of sulfonamides is 1. The first-order valence-corrected chi connectivity index (χ1v) is 14.3. The smallest absolute Gasteiger partial charge is 0.262 e. The van der Waals surface area contributed by atoms with Crippen LogP contribution >= 0.6 is 22.7 Å². The highest BCUT2D eigenvalue weighted by atomic mass is 32.2. The van der Waals surface area contributed by atoms with E-state index in [-0.39, 0.29) is 33.8 Å². The van der Waals surface area contributed by atoms with Gasteiger partial charge in [0.1, 0.15) is 9.77 Å².